The summed E-state index contributed by atoms with van der Waals surface area (Å²) in [5, 5.41) is 14.8. The van der Waals surface area contributed by atoms with Crippen molar-refractivity contribution in [1.29, 1.82) is 0 Å². The minimum atomic E-state index is -4.42. The smallest absolute Gasteiger partial charge is 0.423 e. The Hall–Kier alpha value is -3.49. The van der Waals surface area contributed by atoms with Gasteiger partial charge < -0.3 is 34.7 Å². The molecule has 3 N–H and O–H groups in total. The van der Waals surface area contributed by atoms with E-state index in [0.717, 1.165) is 79.3 Å². The molecule has 0 fully saturated rings. The van der Waals surface area contributed by atoms with E-state index < -0.39 is 22.3 Å². The van der Waals surface area contributed by atoms with Gasteiger partial charge in [0.2, 0.25) is 0 Å². The summed E-state index contributed by atoms with van der Waals surface area (Å²) < 4.78 is 57.0. The van der Waals surface area contributed by atoms with Gasteiger partial charge >= 0.3 is 29.6 Å². The molecule has 0 atom stereocenters. The van der Waals surface area contributed by atoms with Crippen molar-refractivity contribution >= 4 is 33.3 Å². The number of aryl methyl sites for hydroxylation is 5. The van der Waals surface area contributed by atoms with Gasteiger partial charge in [0.15, 0.2) is 6.03 Å². The number of fused-ring (bicyclic) bond motifs is 2. The number of anilines is 3. The van der Waals surface area contributed by atoms with E-state index in [1.807, 2.05) is 31.2 Å². The van der Waals surface area contributed by atoms with Gasteiger partial charge in [-0.15, -0.1) is 0 Å². The SMILES string of the molecule is COCC(COC)Cc1cnn(C)c1.COCC(COC)N(c1cnn(C)c1)S(=O)(=O)[N-]C(=O)Nc1c2c(cc3c1CCC3)CCC2.Cn1cc(N)cn1.[Na+]. The molecule has 2 aliphatic rings. The summed E-state index contributed by atoms with van der Waals surface area (Å²) in [4.78, 5) is 12.9. The van der Waals surface area contributed by atoms with Crippen LogP contribution in [0.5, 0.6) is 0 Å². The van der Waals surface area contributed by atoms with Gasteiger partial charge in [0.05, 0.1) is 62.4 Å². The second-order valence-corrected chi connectivity index (χ2v) is 14.9. The molecule has 0 saturated carbocycles. The topological polar surface area (TPSA) is 197 Å². The summed E-state index contributed by atoms with van der Waals surface area (Å²) in [6.07, 6.45) is 16.9. The van der Waals surface area contributed by atoms with E-state index in [2.05, 4.69) is 31.4 Å². The number of nitrogens with one attached hydrogen (secondary N) is 1. The van der Waals surface area contributed by atoms with Gasteiger partial charge in [-0.1, -0.05) is 6.07 Å². The number of methoxy groups -OCH3 is 4. The Bertz CT molecular complexity index is 1840. The Balaban J connectivity index is 0.000000303. The number of nitrogens with zero attached hydrogens (tertiary/aromatic N) is 8. The quantitative estimate of drug-likeness (QED) is 0.160. The Morgan fingerprint density at radius 2 is 1.35 bits per heavy atom. The molecule has 17 nitrogen and oxygen atoms in total. The standard InChI is InChI=1S/C22H31N5O5S.C10H18N2O2.C4H7N3.Na/c1-26-12-17(11-23-26)27(18(13-31-2)14-32-3)33(29,30)25-22(28)24-21-19-8-4-6-15(19)10-16-7-5-9-20(16)21;1-12-6-9(5-11-12)4-10(7-13-2)8-14-3;1-7-3-4(5)2-6-7;/h10-12,18H,4-9,13-14H2,1-3H3,(H2,24,25,28);5-6,10H,4,7-8H2,1-3H3;2-3H,5H2,1H3;/q;;;+1/p-1. The van der Waals surface area contributed by atoms with Crippen molar-refractivity contribution in [3.8, 4) is 0 Å². The number of urea groups is 1. The van der Waals surface area contributed by atoms with E-state index >= 15 is 0 Å². The zero-order chi connectivity index (χ0) is 39.3. The molecule has 2 amide bonds. The van der Waals surface area contributed by atoms with Gasteiger partial charge in [-0.3, -0.25) is 23.1 Å². The number of benzene rings is 1. The van der Waals surface area contributed by atoms with E-state index in [9.17, 15) is 13.2 Å². The first-order valence-corrected chi connectivity index (χ1v) is 19.2. The summed E-state index contributed by atoms with van der Waals surface area (Å²) in [6, 6.07) is 0.612. The number of carbonyl (C=O) groups is 1. The number of nitrogen functional groups attached to an aromatic ring is 1. The van der Waals surface area contributed by atoms with Crippen LogP contribution in [-0.4, -0.2) is 105 Å². The zero-order valence-corrected chi connectivity index (χ0v) is 36.2. The Morgan fingerprint density at radius 1 is 0.818 bits per heavy atom. The minimum absolute atomic E-state index is 0. The van der Waals surface area contributed by atoms with Crippen molar-refractivity contribution in [2.24, 2.45) is 27.1 Å². The molecule has 0 bridgehead atoms. The van der Waals surface area contributed by atoms with Crippen molar-refractivity contribution in [1.82, 2.24) is 29.3 Å². The summed E-state index contributed by atoms with van der Waals surface area (Å²) in [5.74, 6) is 0.411. The van der Waals surface area contributed by atoms with Crippen LogP contribution in [0.4, 0.5) is 21.9 Å². The molecule has 1 aromatic carbocycles. The predicted octanol–water partition coefficient (Wildman–Crippen LogP) is 0.594. The average Bonchev–Trinajstić information content (AvgIpc) is 3.96. The summed E-state index contributed by atoms with van der Waals surface area (Å²) in [6.45, 7) is 1.56. The maximum absolute atomic E-state index is 13.3. The number of aromatic nitrogens is 6. The van der Waals surface area contributed by atoms with Gasteiger partial charge in [0, 0.05) is 74.1 Å². The van der Waals surface area contributed by atoms with Crippen LogP contribution >= 0.6 is 0 Å². The van der Waals surface area contributed by atoms with Crippen molar-refractivity contribution in [2.75, 3.05) is 70.2 Å². The number of carbonyl (C=O) groups excluding carboxylic acids is 1. The molecule has 0 radical (unpaired) electrons. The number of nitrogens with two attached hydrogens (primary N) is 1. The maximum atomic E-state index is 13.3. The summed E-state index contributed by atoms with van der Waals surface area (Å²) in [5.41, 5.74) is 13.0. The number of ether oxygens (including phenoxy) is 4. The molecular weight excluding hydrogens is 740 g/mol. The first-order valence-electron chi connectivity index (χ1n) is 17.8. The summed E-state index contributed by atoms with van der Waals surface area (Å²) >= 11 is 0. The molecule has 3 aromatic heterocycles. The van der Waals surface area contributed by atoms with Crippen LogP contribution < -0.4 is 44.9 Å². The number of rotatable bonds is 15. The largest absolute Gasteiger partial charge is 1.00 e. The molecular formula is C36H55N10NaO7S. The molecule has 298 valence electrons. The Labute approximate surface area is 346 Å². The molecule has 6 rings (SSSR count). The van der Waals surface area contributed by atoms with Crippen LogP contribution in [0.25, 0.3) is 4.72 Å². The van der Waals surface area contributed by atoms with Crippen LogP contribution in [0.15, 0.2) is 43.2 Å². The van der Waals surface area contributed by atoms with Crippen molar-refractivity contribution in [2.45, 2.75) is 51.0 Å². The van der Waals surface area contributed by atoms with Crippen LogP contribution in [0.3, 0.4) is 0 Å². The van der Waals surface area contributed by atoms with E-state index in [-0.39, 0.29) is 48.5 Å². The van der Waals surface area contributed by atoms with Crippen LogP contribution in [0.1, 0.15) is 40.7 Å². The molecule has 0 unspecified atom stereocenters. The minimum Gasteiger partial charge on any atom is -0.423 e. The van der Waals surface area contributed by atoms with Gasteiger partial charge in [-0.25, -0.2) is 8.42 Å². The van der Waals surface area contributed by atoms with Crippen LogP contribution in [-0.2, 0) is 82.4 Å². The van der Waals surface area contributed by atoms with E-state index in [4.69, 9.17) is 24.7 Å². The molecule has 0 aliphatic heterocycles. The molecule has 0 spiro atoms. The Morgan fingerprint density at radius 3 is 1.78 bits per heavy atom. The van der Waals surface area contributed by atoms with Crippen molar-refractivity contribution < 1.29 is 61.7 Å². The Kier molecular flexibility index (Phi) is 18.6. The second kappa shape index (κ2) is 22.3. The third-order valence-corrected chi connectivity index (χ3v) is 10.4. The molecule has 0 saturated heterocycles. The zero-order valence-electron chi connectivity index (χ0n) is 33.4. The average molecular weight is 795 g/mol. The molecule has 4 aromatic rings. The predicted molar refractivity (Wildman–Crippen MR) is 207 cm³/mol. The third-order valence-electron chi connectivity index (χ3n) is 8.96. The number of hydrogen-bond acceptors (Lipinski definition) is 11. The fourth-order valence-electron chi connectivity index (χ4n) is 6.86. The van der Waals surface area contributed by atoms with E-state index in [1.54, 1.807) is 44.5 Å². The van der Waals surface area contributed by atoms with Crippen LogP contribution in [0, 0.1) is 5.92 Å². The first-order chi connectivity index (χ1) is 25.9. The van der Waals surface area contributed by atoms with Gasteiger partial charge in [0.1, 0.15) is 0 Å². The molecule has 19 heteroatoms. The first kappa shape index (κ1) is 45.9. The monoisotopic (exact) mass is 794 g/mol. The van der Waals surface area contributed by atoms with Gasteiger partial charge in [0.25, 0.3) is 10.2 Å². The third kappa shape index (κ3) is 13.3. The number of hydrogen-bond donors (Lipinski definition) is 2. The van der Waals surface area contributed by atoms with Crippen molar-refractivity contribution in [3.05, 3.63) is 75.8 Å². The number of amides is 2. The fourth-order valence-corrected chi connectivity index (χ4v) is 8.06. The van der Waals surface area contributed by atoms with E-state index in [0.29, 0.717) is 11.6 Å². The van der Waals surface area contributed by atoms with Gasteiger partial charge in [-0.2, -0.15) is 15.3 Å². The maximum Gasteiger partial charge on any atom is 1.00 e. The van der Waals surface area contributed by atoms with Crippen LogP contribution in [0.2, 0.25) is 0 Å². The van der Waals surface area contributed by atoms with Gasteiger partial charge in [-0.05, 0) is 78.5 Å². The molecule has 3 heterocycles. The second-order valence-electron chi connectivity index (χ2n) is 13.4. The van der Waals surface area contributed by atoms with E-state index in [1.165, 1.54) is 41.8 Å². The fraction of sp³-hybridized carbons (Fsp3) is 0.556. The molecule has 55 heavy (non-hydrogen) atoms. The normalized spacial score (nSPS) is 13.0. The molecule has 2 aliphatic carbocycles. The van der Waals surface area contributed by atoms with Crippen molar-refractivity contribution in [3.63, 3.8) is 0 Å². The summed E-state index contributed by atoms with van der Waals surface area (Å²) in [7, 11) is 7.38.